The largest absolute Gasteiger partial charge is 0.480 e. The number of carbonyl (C=O) groups excluding carboxylic acids is 1. The number of thiophene rings is 1. The molecule has 1 aliphatic carbocycles. The highest BCUT2D eigenvalue weighted by Gasteiger charge is 2.28. The van der Waals surface area contributed by atoms with Gasteiger partial charge in [-0.3, -0.25) is 4.79 Å². The van der Waals surface area contributed by atoms with Gasteiger partial charge in [0.15, 0.2) is 0 Å². The molecule has 116 valence electrons. The molecular weight excluding hydrogens is 288 g/mol. The van der Waals surface area contributed by atoms with Crippen molar-refractivity contribution >= 4 is 23.3 Å². The lowest BCUT2D eigenvalue weighted by atomic mass is 10.2. The van der Waals surface area contributed by atoms with Crippen LogP contribution in [0.3, 0.4) is 0 Å². The van der Waals surface area contributed by atoms with Crippen molar-refractivity contribution in [1.29, 1.82) is 0 Å². The van der Waals surface area contributed by atoms with Gasteiger partial charge in [-0.15, -0.1) is 11.3 Å². The lowest BCUT2D eigenvalue weighted by Crippen LogP contribution is -2.50. The second kappa shape index (κ2) is 7.45. The first-order valence-corrected chi connectivity index (χ1v) is 8.25. The predicted octanol–water partition coefficient (Wildman–Crippen LogP) is 2.72. The zero-order chi connectivity index (χ0) is 15.2. The fraction of sp³-hybridized carbons (Fsp3) is 0.600. The lowest BCUT2D eigenvalue weighted by Gasteiger charge is -2.29. The van der Waals surface area contributed by atoms with Crippen LogP contribution < -0.4 is 5.32 Å². The van der Waals surface area contributed by atoms with Crippen LogP contribution in [-0.2, 0) is 11.2 Å². The van der Waals surface area contributed by atoms with Crippen LogP contribution in [0, 0.1) is 0 Å². The molecule has 0 spiro atoms. The lowest BCUT2D eigenvalue weighted by molar-refractivity contribution is -0.138. The van der Waals surface area contributed by atoms with E-state index in [2.05, 4.69) is 5.32 Å². The fourth-order valence-corrected chi connectivity index (χ4v) is 3.64. The molecule has 1 heterocycles. The number of hydrogen-bond acceptors (Lipinski definition) is 3. The van der Waals surface area contributed by atoms with E-state index in [1.807, 2.05) is 24.4 Å². The quantitative estimate of drug-likeness (QED) is 0.849. The molecule has 1 fully saturated rings. The van der Waals surface area contributed by atoms with Gasteiger partial charge in [0.1, 0.15) is 6.54 Å². The molecule has 2 rings (SSSR count). The van der Waals surface area contributed by atoms with E-state index in [0.29, 0.717) is 0 Å². The van der Waals surface area contributed by atoms with Gasteiger partial charge in [-0.25, -0.2) is 4.79 Å². The maximum atomic E-state index is 12.4. The Morgan fingerprint density at radius 2 is 2.19 bits per heavy atom. The standard InChI is InChI=1S/C15H22N2O3S/c1-11(9-13-7-4-8-21-13)16-15(20)17(10-14(18)19)12-5-2-3-6-12/h4,7-8,11-12H,2-3,5-6,9-10H2,1H3,(H,16,20)(H,18,19). The molecular formula is C15H22N2O3S. The summed E-state index contributed by atoms with van der Waals surface area (Å²) in [4.78, 5) is 26.1. The van der Waals surface area contributed by atoms with E-state index in [-0.39, 0.29) is 24.7 Å². The first-order valence-electron chi connectivity index (χ1n) is 7.37. The molecule has 0 bridgehead atoms. The van der Waals surface area contributed by atoms with E-state index in [9.17, 15) is 9.59 Å². The van der Waals surface area contributed by atoms with Crippen molar-refractivity contribution in [3.8, 4) is 0 Å². The number of carbonyl (C=O) groups is 2. The van der Waals surface area contributed by atoms with Crippen molar-refractivity contribution in [3.63, 3.8) is 0 Å². The summed E-state index contributed by atoms with van der Waals surface area (Å²) in [5.74, 6) is -0.956. The molecule has 5 nitrogen and oxygen atoms in total. The van der Waals surface area contributed by atoms with Crippen molar-refractivity contribution < 1.29 is 14.7 Å². The third-order valence-electron chi connectivity index (χ3n) is 3.79. The summed E-state index contributed by atoms with van der Waals surface area (Å²) in [5, 5.41) is 14.0. The molecule has 1 aliphatic rings. The van der Waals surface area contributed by atoms with E-state index in [1.165, 1.54) is 9.78 Å². The average Bonchev–Trinajstić information content (AvgIpc) is 3.07. The highest BCUT2D eigenvalue weighted by atomic mass is 32.1. The van der Waals surface area contributed by atoms with Crippen molar-refractivity contribution in [2.24, 2.45) is 0 Å². The van der Waals surface area contributed by atoms with E-state index in [1.54, 1.807) is 11.3 Å². The number of nitrogens with one attached hydrogen (secondary N) is 1. The van der Waals surface area contributed by atoms with Crippen molar-refractivity contribution in [2.75, 3.05) is 6.54 Å². The Morgan fingerprint density at radius 3 is 2.76 bits per heavy atom. The Kier molecular flexibility index (Phi) is 5.61. The van der Waals surface area contributed by atoms with E-state index < -0.39 is 5.97 Å². The second-order valence-electron chi connectivity index (χ2n) is 5.59. The van der Waals surface area contributed by atoms with Crippen LogP contribution in [0.15, 0.2) is 17.5 Å². The number of rotatable bonds is 6. The van der Waals surface area contributed by atoms with Crippen molar-refractivity contribution in [3.05, 3.63) is 22.4 Å². The topological polar surface area (TPSA) is 69.6 Å². The maximum Gasteiger partial charge on any atom is 0.323 e. The van der Waals surface area contributed by atoms with Crippen molar-refractivity contribution in [2.45, 2.75) is 51.1 Å². The Bertz CT molecular complexity index is 469. The monoisotopic (exact) mass is 310 g/mol. The van der Waals surface area contributed by atoms with Gasteiger partial charge in [-0.05, 0) is 31.2 Å². The number of carboxylic acids is 1. The van der Waals surface area contributed by atoms with E-state index in [4.69, 9.17) is 5.11 Å². The van der Waals surface area contributed by atoms with Crippen LogP contribution in [0.1, 0.15) is 37.5 Å². The normalized spacial score (nSPS) is 16.6. The molecule has 0 aliphatic heterocycles. The van der Waals surface area contributed by atoms with Gasteiger partial charge >= 0.3 is 12.0 Å². The maximum absolute atomic E-state index is 12.4. The van der Waals surface area contributed by atoms with E-state index in [0.717, 1.165) is 32.1 Å². The van der Waals surface area contributed by atoms with Crippen LogP contribution in [0.25, 0.3) is 0 Å². The number of urea groups is 1. The zero-order valence-corrected chi connectivity index (χ0v) is 13.1. The molecule has 1 atom stereocenters. The highest BCUT2D eigenvalue weighted by molar-refractivity contribution is 7.09. The fourth-order valence-electron chi connectivity index (χ4n) is 2.80. The first-order chi connectivity index (χ1) is 10.1. The summed E-state index contributed by atoms with van der Waals surface area (Å²) in [6.45, 7) is 1.73. The summed E-state index contributed by atoms with van der Waals surface area (Å²) in [6, 6.07) is 3.83. The number of aliphatic carboxylic acids is 1. The van der Waals surface area contributed by atoms with Gasteiger partial charge in [0, 0.05) is 23.4 Å². The predicted molar refractivity (Wildman–Crippen MR) is 82.6 cm³/mol. The average molecular weight is 310 g/mol. The molecule has 2 amide bonds. The molecule has 1 unspecified atom stereocenters. The van der Waals surface area contributed by atoms with Crippen LogP contribution in [0.4, 0.5) is 4.79 Å². The van der Waals surface area contributed by atoms with Crippen LogP contribution in [0.5, 0.6) is 0 Å². The molecule has 21 heavy (non-hydrogen) atoms. The van der Waals surface area contributed by atoms with Gasteiger partial charge in [-0.2, -0.15) is 0 Å². The van der Waals surface area contributed by atoms with Crippen LogP contribution in [0.2, 0.25) is 0 Å². The third-order valence-corrected chi connectivity index (χ3v) is 4.69. The Labute approximate surface area is 129 Å². The highest BCUT2D eigenvalue weighted by Crippen LogP contribution is 2.23. The number of carboxylic acid groups (broad SMARTS) is 1. The molecule has 0 radical (unpaired) electrons. The molecule has 1 saturated carbocycles. The van der Waals surface area contributed by atoms with Gasteiger partial charge in [0.25, 0.3) is 0 Å². The Hall–Kier alpha value is -1.56. The zero-order valence-electron chi connectivity index (χ0n) is 12.2. The van der Waals surface area contributed by atoms with Crippen LogP contribution >= 0.6 is 11.3 Å². The van der Waals surface area contributed by atoms with Gasteiger partial charge in [0.2, 0.25) is 0 Å². The molecule has 2 N–H and O–H groups in total. The van der Waals surface area contributed by atoms with Gasteiger partial charge in [0.05, 0.1) is 0 Å². The minimum Gasteiger partial charge on any atom is -0.480 e. The summed E-state index contributed by atoms with van der Waals surface area (Å²) >= 11 is 1.66. The van der Waals surface area contributed by atoms with Gasteiger partial charge < -0.3 is 15.3 Å². The number of hydrogen-bond donors (Lipinski definition) is 2. The molecule has 0 saturated heterocycles. The summed E-state index contributed by atoms with van der Waals surface area (Å²) < 4.78 is 0. The second-order valence-corrected chi connectivity index (χ2v) is 6.63. The Balaban J connectivity index is 1.92. The summed E-state index contributed by atoms with van der Waals surface area (Å²) in [7, 11) is 0. The molecule has 0 aromatic carbocycles. The summed E-state index contributed by atoms with van der Waals surface area (Å²) in [5.41, 5.74) is 0. The Morgan fingerprint density at radius 1 is 1.48 bits per heavy atom. The minimum absolute atomic E-state index is 0.00570. The van der Waals surface area contributed by atoms with Crippen LogP contribution in [-0.4, -0.2) is 40.6 Å². The number of amides is 2. The van der Waals surface area contributed by atoms with Crippen molar-refractivity contribution in [1.82, 2.24) is 10.2 Å². The number of nitrogens with zero attached hydrogens (tertiary/aromatic N) is 1. The third kappa shape index (κ3) is 4.74. The molecule has 1 aromatic rings. The van der Waals surface area contributed by atoms with E-state index >= 15 is 0 Å². The molecule has 6 heteroatoms. The summed E-state index contributed by atoms with van der Waals surface area (Å²) in [6.07, 6.45) is 4.71. The smallest absolute Gasteiger partial charge is 0.323 e. The molecule has 1 aromatic heterocycles. The minimum atomic E-state index is -0.956. The van der Waals surface area contributed by atoms with Gasteiger partial charge in [-0.1, -0.05) is 18.9 Å². The first kappa shape index (κ1) is 15.8. The SMILES string of the molecule is CC(Cc1cccs1)NC(=O)N(CC(=O)O)C1CCCC1.